The molecule has 0 aliphatic rings. The Labute approximate surface area is 162 Å². The van der Waals surface area contributed by atoms with Gasteiger partial charge in [-0.15, -0.1) is 0 Å². The molecule has 0 heterocycles. The van der Waals surface area contributed by atoms with Crippen molar-refractivity contribution in [2.75, 3.05) is 5.32 Å². The number of aryl methyl sites for hydroxylation is 1. The smallest absolute Gasteiger partial charge is 0.292 e. The summed E-state index contributed by atoms with van der Waals surface area (Å²) in [7, 11) is 0. The minimum atomic E-state index is -0.504. The number of anilines is 1. The molecule has 2 aromatic rings. The first-order valence-electron chi connectivity index (χ1n) is 8.44. The van der Waals surface area contributed by atoms with Crippen molar-refractivity contribution >= 4 is 34.6 Å². The van der Waals surface area contributed by atoms with Crippen molar-refractivity contribution in [2.45, 2.75) is 33.3 Å². The molecule has 2 rings (SSSR count). The number of rotatable bonds is 6. The van der Waals surface area contributed by atoms with Crippen LogP contribution >= 0.6 is 12.2 Å². The Hall–Kier alpha value is -3.00. The minimum Gasteiger partial charge on any atom is -0.491 e. The van der Waals surface area contributed by atoms with Crippen LogP contribution in [0.5, 0.6) is 5.75 Å². The molecule has 0 aliphatic carbocycles. The van der Waals surface area contributed by atoms with E-state index in [-0.39, 0.29) is 22.6 Å². The van der Waals surface area contributed by atoms with Gasteiger partial charge in [-0.05, 0) is 62.3 Å². The molecule has 1 amide bonds. The van der Waals surface area contributed by atoms with Gasteiger partial charge < -0.3 is 10.1 Å². The maximum absolute atomic E-state index is 12.4. The van der Waals surface area contributed by atoms with Crippen molar-refractivity contribution in [3.8, 4) is 5.75 Å². The lowest BCUT2D eigenvalue weighted by Crippen LogP contribution is -2.34. The molecule has 8 heteroatoms. The summed E-state index contributed by atoms with van der Waals surface area (Å²) in [6, 6.07) is 11.4. The molecule has 0 saturated heterocycles. The fourth-order valence-electron chi connectivity index (χ4n) is 2.25. The minimum absolute atomic E-state index is 0.0276. The van der Waals surface area contributed by atoms with Crippen LogP contribution in [0.3, 0.4) is 0 Å². The highest BCUT2D eigenvalue weighted by Crippen LogP contribution is 2.25. The molecule has 7 nitrogen and oxygen atoms in total. The number of hydrogen-bond acceptors (Lipinski definition) is 5. The molecule has 142 valence electrons. The van der Waals surface area contributed by atoms with Gasteiger partial charge in [0.05, 0.1) is 11.0 Å². The van der Waals surface area contributed by atoms with Gasteiger partial charge in [-0.2, -0.15) is 0 Å². The van der Waals surface area contributed by atoms with Crippen LogP contribution in [-0.4, -0.2) is 22.0 Å². The molecule has 2 N–H and O–H groups in total. The van der Waals surface area contributed by atoms with Crippen LogP contribution in [0.25, 0.3) is 0 Å². The van der Waals surface area contributed by atoms with Crippen molar-refractivity contribution in [3.05, 3.63) is 63.7 Å². The van der Waals surface area contributed by atoms with Crippen LogP contribution in [0.15, 0.2) is 42.5 Å². The summed E-state index contributed by atoms with van der Waals surface area (Å²) in [5.74, 6) is 0.155. The predicted octanol–water partition coefficient (Wildman–Crippen LogP) is 4.21. The van der Waals surface area contributed by atoms with Gasteiger partial charge in [-0.3, -0.25) is 20.2 Å². The van der Waals surface area contributed by atoms with E-state index >= 15 is 0 Å². The van der Waals surface area contributed by atoms with Gasteiger partial charge in [0.25, 0.3) is 11.6 Å². The molecule has 0 aromatic heterocycles. The summed E-state index contributed by atoms with van der Waals surface area (Å²) >= 11 is 5.12. The van der Waals surface area contributed by atoms with Crippen LogP contribution in [0.2, 0.25) is 0 Å². The number of carbonyl (C=O) groups is 1. The van der Waals surface area contributed by atoms with Crippen molar-refractivity contribution in [2.24, 2.45) is 0 Å². The standard InChI is InChI=1S/C19H21N3O4S/c1-4-13(3)26-15-7-5-6-14(11-15)18(23)21-19(27)20-16-9-8-12(2)10-17(16)22(24)25/h5-11,13H,4H2,1-3H3,(H2,20,21,23,27). The van der Waals surface area contributed by atoms with Gasteiger partial charge in [0.1, 0.15) is 11.4 Å². The molecular weight excluding hydrogens is 366 g/mol. The summed E-state index contributed by atoms with van der Waals surface area (Å²) in [5.41, 5.74) is 1.22. The predicted molar refractivity (Wildman–Crippen MR) is 108 cm³/mol. The number of nitro benzene ring substituents is 1. The van der Waals surface area contributed by atoms with E-state index < -0.39 is 10.8 Å². The second-order valence-electron chi connectivity index (χ2n) is 6.05. The van der Waals surface area contributed by atoms with Crippen LogP contribution in [0, 0.1) is 17.0 Å². The SMILES string of the molecule is CCC(C)Oc1cccc(C(=O)NC(=S)Nc2ccc(C)cc2[N+](=O)[O-])c1. The van der Waals surface area contributed by atoms with Crippen molar-refractivity contribution in [3.63, 3.8) is 0 Å². The Morgan fingerprint density at radius 3 is 2.70 bits per heavy atom. The number of hydrogen-bond donors (Lipinski definition) is 2. The summed E-state index contributed by atoms with van der Waals surface area (Å²) in [4.78, 5) is 23.1. The molecule has 0 aliphatic heterocycles. The molecule has 0 spiro atoms. The second kappa shape index (κ2) is 9.09. The molecule has 1 atom stereocenters. The Bertz CT molecular complexity index is 870. The van der Waals surface area contributed by atoms with Gasteiger partial charge in [0, 0.05) is 11.6 Å². The van der Waals surface area contributed by atoms with E-state index in [0.717, 1.165) is 12.0 Å². The van der Waals surface area contributed by atoms with E-state index in [1.54, 1.807) is 43.3 Å². The summed E-state index contributed by atoms with van der Waals surface area (Å²) in [6.45, 7) is 5.71. The molecule has 0 radical (unpaired) electrons. The zero-order valence-corrected chi connectivity index (χ0v) is 16.1. The van der Waals surface area contributed by atoms with E-state index in [4.69, 9.17) is 17.0 Å². The second-order valence-corrected chi connectivity index (χ2v) is 6.46. The number of ether oxygens (including phenoxy) is 1. The zero-order chi connectivity index (χ0) is 20.0. The average molecular weight is 387 g/mol. The topological polar surface area (TPSA) is 93.5 Å². The first-order valence-corrected chi connectivity index (χ1v) is 8.85. The molecular formula is C19H21N3O4S. The van der Waals surface area contributed by atoms with E-state index in [1.807, 2.05) is 13.8 Å². The molecule has 27 heavy (non-hydrogen) atoms. The van der Waals surface area contributed by atoms with E-state index in [9.17, 15) is 14.9 Å². The third-order valence-electron chi connectivity index (χ3n) is 3.83. The maximum Gasteiger partial charge on any atom is 0.292 e. The third kappa shape index (κ3) is 5.75. The molecule has 0 fully saturated rings. The van der Waals surface area contributed by atoms with Gasteiger partial charge in [-0.1, -0.05) is 19.1 Å². The fraction of sp³-hybridized carbons (Fsp3) is 0.263. The normalized spacial score (nSPS) is 11.4. The molecule has 1 unspecified atom stereocenters. The molecule has 2 aromatic carbocycles. The largest absolute Gasteiger partial charge is 0.491 e. The summed E-state index contributed by atoms with van der Waals surface area (Å²) in [6.07, 6.45) is 0.882. The van der Waals surface area contributed by atoms with Crippen molar-refractivity contribution < 1.29 is 14.5 Å². The van der Waals surface area contributed by atoms with Gasteiger partial charge >= 0.3 is 0 Å². The number of nitro groups is 1. The summed E-state index contributed by atoms with van der Waals surface area (Å²) < 4.78 is 5.70. The Balaban J connectivity index is 2.07. The zero-order valence-electron chi connectivity index (χ0n) is 15.3. The summed E-state index contributed by atoms with van der Waals surface area (Å²) in [5, 5.41) is 16.4. The van der Waals surface area contributed by atoms with Crippen LogP contribution in [0.4, 0.5) is 11.4 Å². The lowest BCUT2D eigenvalue weighted by molar-refractivity contribution is -0.383. The first kappa shape index (κ1) is 20.3. The van der Waals surface area contributed by atoms with Crippen molar-refractivity contribution in [1.29, 1.82) is 0 Å². The highest BCUT2D eigenvalue weighted by Gasteiger charge is 2.16. The van der Waals surface area contributed by atoms with Crippen LogP contribution in [0.1, 0.15) is 36.2 Å². The highest BCUT2D eigenvalue weighted by molar-refractivity contribution is 7.80. The van der Waals surface area contributed by atoms with Crippen LogP contribution in [-0.2, 0) is 0 Å². The Morgan fingerprint density at radius 1 is 1.30 bits per heavy atom. The van der Waals surface area contributed by atoms with Gasteiger partial charge in [-0.25, -0.2) is 0 Å². The van der Waals surface area contributed by atoms with Crippen LogP contribution < -0.4 is 15.4 Å². The van der Waals surface area contributed by atoms with Gasteiger partial charge in [0.15, 0.2) is 5.11 Å². The monoisotopic (exact) mass is 387 g/mol. The maximum atomic E-state index is 12.4. The van der Waals surface area contributed by atoms with Gasteiger partial charge in [0.2, 0.25) is 0 Å². The highest BCUT2D eigenvalue weighted by atomic mass is 32.1. The number of amides is 1. The number of benzene rings is 2. The van der Waals surface area contributed by atoms with E-state index in [2.05, 4.69) is 10.6 Å². The molecule has 0 saturated carbocycles. The number of carbonyl (C=O) groups excluding carboxylic acids is 1. The average Bonchev–Trinajstić information content (AvgIpc) is 2.63. The first-order chi connectivity index (χ1) is 12.8. The lowest BCUT2D eigenvalue weighted by atomic mass is 10.2. The molecule has 0 bridgehead atoms. The number of nitrogens with zero attached hydrogens (tertiary/aromatic N) is 1. The Kier molecular flexibility index (Phi) is 6.84. The third-order valence-corrected chi connectivity index (χ3v) is 4.04. The number of thiocarbonyl (C=S) groups is 1. The van der Waals surface area contributed by atoms with Crippen molar-refractivity contribution in [1.82, 2.24) is 5.32 Å². The lowest BCUT2D eigenvalue weighted by Gasteiger charge is -2.14. The number of nitrogens with one attached hydrogen (secondary N) is 2. The van der Waals surface area contributed by atoms with E-state index in [1.165, 1.54) is 6.07 Å². The fourth-order valence-corrected chi connectivity index (χ4v) is 2.46. The Morgan fingerprint density at radius 2 is 2.04 bits per heavy atom. The quantitative estimate of drug-likeness (QED) is 0.438. The van der Waals surface area contributed by atoms with E-state index in [0.29, 0.717) is 11.3 Å².